The molecule has 0 unspecified atom stereocenters. The zero-order chi connectivity index (χ0) is 10.6. The van der Waals surface area contributed by atoms with E-state index in [1.54, 1.807) is 0 Å². The van der Waals surface area contributed by atoms with Crippen LogP contribution in [0.3, 0.4) is 0 Å². The first-order valence-electron chi connectivity index (χ1n) is 6.58. The van der Waals surface area contributed by atoms with Crippen molar-refractivity contribution in [3.05, 3.63) is 0 Å². The summed E-state index contributed by atoms with van der Waals surface area (Å²) in [6.45, 7) is 8.22. The van der Waals surface area contributed by atoms with Crippen LogP contribution in [-0.2, 0) is 0 Å². The highest BCUT2D eigenvalue weighted by Crippen LogP contribution is 2.04. The fourth-order valence-corrected chi connectivity index (χ4v) is 3.56. The number of nitrogens with one attached hydrogen (secondary N) is 1. The van der Waals surface area contributed by atoms with Gasteiger partial charge in [-0.15, -0.1) is 0 Å². The Balaban J connectivity index is 3.04. The van der Waals surface area contributed by atoms with Gasteiger partial charge in [0.2, 0.25) is 0 Å². The Labute approximate surface area is 92.4 Å². The fraction of sp³-hybridized carbons (Fsp3) is 1.00. The number of hydrogen-bond acceptors (Lipinski definition) is 1. The topological polar surface area (TPSA) is 12.0 Å². The summed E-state index contributed by atoms with van der Waals surface area (Å²) >= 11 is 0. The molecule has 0 aromatic carbocycles. The first-order chi connectivity index (χ1) is 6.85. The Hall–Kier alpha value is 0.177. The van der Waals surface area contributed by atoms with Crippen molar-refractivity contribution >= 4 is 8.96 Å². The molecule has 0 rings (SSSR count). The van der Waals surface area contributed by atoms with E-state index in [0.717, 1.165) is 0 Å². The van der Waals surface area contributed by atoms with Gasteiger partial charge in [0.25, 0.3) is 0 Å². The van der Waals surface area contributed by atoms with Gasteiger partial charge in [-0.3, -0.25) is 0 Å². The minimum Gasteiger partial charge on any atom is -0.339 e. The van der Waals surface area contributed by atoms with Crippen LogP contribution >= 0.6 is 0 Å². The molecule has 0 heterocycles. The minimum absolute atomic E-state index is 0.507. The van der Waals surface area contributed by atoms with E-state index in [1.165, 1.54) is 57.2 Å². The number of hydrogen-bond donors (Lipinski definition) is 1. The van der Waals surface area contributed by atoms with Crippen molar-refractivity contribution in [1.82, 2.24) is 4.98 Å². The predicted octanol–water partition coefficient (Wildman–Crippen LogP) is 3.70. The predicted molar refractivity (Wildman–Crippen MR) is 69.5 cm³/mol. The first kappa shape index (κ1) is 14.2. The molecule has 14 heavy (non-hydrogen) atoms. The summed E-state index contributed by atoms with van der Waals surface area (Å²) in [6.07, 6.45) is 8.50. The van der Waals surface area contributed by atoms with E-state index in [4.69, 9.17) is 0 Å². The summed E-state index contributed by atoms with van der Waals surface area (Å²) < 4.78 is 0. The average molecular weight is 215 g/mol. The molecule has 0 spiro atoms. The summed E-state index contributed by atoms with van der Waals surface area (Å²) in [5.74, 6) is 0. The molecule has 0 aromatic heterocycles. The van der Waals surface area contributed by atoms with Gasteiger partial charge in [0.1, 0.15) is 8.96 Å². The largest absolute Gasteiger partial charge is 0.339 e. The Morgan fingerprint density at radius 2 is 1.36 bits per heavy atom. The van der Waals surface area contributed by atoms with Crippen LogP contribution in [0.15, 0.2) is 0 Å². The summed E-state index contributed by atoms with van der Waals surface area (Å²) in [7, 11) is -0.507. The molecule has 0 atom stereocenters. The van der Waals surface area contributed by atoms with Gasteiger partial charge in [-0.25, -0.2) is 0 Å². The third-order valence-corrected chi connectivity index (χ3v) is 5.79. The maximum absolute atomic E-state index is 3.75. The maximum Gasteiger partial charge on any atom is 0.108 e. The van der Waals surface area contributed by atoms with Crippen LogP contribution in [0.4, 0.5) is 0 Å². The molecule has 0 aliphatic heterocycles. The molecule has 0 saturated heterocycles. The second kappa shape index (κ2) is 11.3. The van der Waals surface area contributed by atoms with Crippen molar-refractivity contribution in [2.45, 2.75) is 71.4 Å². The summed E-state index contributed by atoms with van der Waals surface area (Å²) in [6, 6.07) is 2.82. The molecule has 0 aromatic rings. The van der Waals surface area contributed by atoms with Crippen LogP contribution in [0.25, 0.3) is 0 Å². The quantitative estimate of drug-likeness (QED) is 0.433. The lowest BCUT2D eigenvalue weighted by Gasteiger charge is -2.12. The van der Waals surface area contributed by atoms with Crippen molar-refractivity contribution < 1.29 is 0 Å². The maximum atomic E-state index is 3.75. The van der Waals surface area contributed by atoms with Crippen molar-refractivity contribution in [2.24, 2.45) is 0 Å². The van der Waals surface area contributed by atoms with Gasteiger partial charge < -0.3 is 4.98 Å². The van der Waals surface area contributed by atoms with Crippen molar-refractivity contribution in [1.29, 1.82) is 0 Å². The van der Waals surface area contributed by atoms with Gasteiger partial charge >= 0.3 is 0 Å². The van der Waals surface area contributed by atoms with Crippen LogP contribution in [0.5, 0.6) is 0 Å². The molecule has 0 aliphatic carbocycles. The lowest BCUT2D eigenvalue weighted by molar-refractivity contribution is 0.603. The standard InChI is InChI=1S/C12H29NSi/c1-4-7-8-9-10-11-12-13-14(5-2)6-3/h13-14H,4-12H2,1-3H3. The van der Waals surface area contributed by atoms with Crippen molar-refractivity contribution in [3.63, 3.8) is 0 Å². The third kappa shape index (κ3) is 8.76. The van der Waals surface area contributed by atoms with Crippen LogP contribution in [-0.4, -0.2) is 15.5 Å². The molecule has 0 radical (unpaired) electrons. The SMILES string of the molecule is CCCCCCCCN[SiH](CC)CC. The smallest absolute Gasteiger partial charge is 0.108 e. The van der Waals surface area contributed by atoms with Gasteiger partial charge in [0.15, 0.2) is 0 Å². The molecule has 0 amide bonds. The van der Waals surface area contributed by atoms with E-state index in [0.29, 0.717) is 0 Å². The van der Waals surface area contributed by atoms with E-state index < -0.39 is 8.96 Å². The van der Waals surface area contributed by atoms with E-state index in [9.17, 15) is 0 Å². The van der Waals surface area contributed by atoms with E-state index in [2.05, 4.69) is 25.8 Å². The summed E-state index contributed by atoms with van der Waals surface area (Å²) in [5, 5.41) is 0. The minimum atomic E-state index is -0.507. The first-order valence-corrected chi connectivity index (χ1v) is 8.79. The highest BCUT2D eigenvalue weighted by atomic mass is 28.3. The molecule has 86 valence electrons. The lowest BCUT2D eigenvalue weighted by Crippen LogP contribution is -2.32. The van der Waals surface area contributed by atoms with Gasteiger partial charge in [0, 0.05) is 0 Å². The van der Waals surface area contributed by atoms with Crippen LogP contribution in [0.2, 0.25) is 12.1 Å². The van der Waals surface area contributed by atoms with Gasteiger partial charge in [-0.1, -0.05) is 52.9 Å². The molecule has 0 saturated carbocycles. The van der Waals surface area contributed by atoms with Gasteiger partial charge in [-0.05, 0) is 25.1 Å². The Kier molecular flexibility index (Phi) is 11.4. The molecule has 0 bridgehead atoms. The molecule has 2 heteroatoms. The lowest BCUT2D eigenvalue weighted by atomic mass is 10.1. The zero-order valence-corrected chi connectivity index (χ0v) is 11.6. The van der Waals surface area contributed by atoms with Gasteiger partial charge in [-0.2, -0.15) is 0 Å². The third-order valence-electron chi connectivity index (χ3n) is 2.95. The monoisotopic (exact) mass is 215 g/mol. The molecule has 0 fully saturated rings. The molecule has 0 aliphatic rings. The number of rotatable bonds is 10. The van der Waals surface area contributed by atoms with E-state index in [-0.39, 0.29) is 0 Å². The fourth-order valence-electron chi connectivity index (χ4n) is 1.79. The van der Waals surface area contributed by atoms with Crippen LogP contribution in [0.1, 0.15) is 59.3 Å². The Morgan fingerprint density at radius 1 is 0.786 bits per heavy atom. The highest BCUT2D eigenvalue weighted by molar-refractivity contribution is 6.55. The highest BCUT2D eigenvalue weighted by Gasteiger charge is 2.02. The molecular formula is C12H29NSi. The summed E-state index contributed by atoms with van der Waals surface area (Å²) in [5.41, 5.74) is 0. The molecule has 1 nitrogen and oxygen atoms in total. The second-order valence-corrected chi connectivity index (χ2v) is 7.67. The van der Waals surface area contributed by atoms with Crippen LogP contribution in [0, 0.1) is 0 Å². The van der Waals surface area contributed by atoms with Crippen molar-refractivity contribution in [2.75, 3.05) is 6.54 Å². The van der Waals surface area contributed by atoms with E-state index in [1.807, 2.05) is 0 Å². The van der Waals surface area contributed by atoms with Crippen molar-refractivity contribution in [3.8, 4) is 0 Å². The Bertz CT molecular complexity index is 102. The average Bonchev–Trinajstić information content (AvgIpc) is 2.22. The Morgan fingerprint density at radius 3 is 1.93 bits per heavy atom. The zero-order valence-electron chi connectivity index (χ0n) is 10.4. The van der Waals surface area contributed by atoms with Gasteiger partial charge in [0.05, 0.1) is 0 Å². The summed E-state index contributed by atoms with van der Waals surface area (Å²) in [4.78, 5) is 3.75. The molecular weight excluding hydrogens is 186 g/mol. The number of unbranched alkanes of at least 4 members (excludes halogenated alkanes) is 5. The van der Waals surface area contributed by atoms with Crippen LogP contribution < -0.4 is 4.98 Å². The van der Waals surface area contributed by atoms with E-state index >= 15 is 0 Å². The normalized spacial score (nSPS) is 11.1. The molecule has 1 N–H and O–H groups in total. The second-order valence-electron chi connectivity index (χ2n) is 4.24.